The van der Waals surface area contributed by atoms with Crippen LogP contribution in [0.4, 0.5) is 0 Å². The lowest BCUT2D eigenvalue weighted by Crippen LogP contribution is -2.71. The second-order valence-electron chi connectivity index (χ2n) is 14.7. The highest BCUT2D eigenvalue weighted by molar-refractivity contribution is 5.61. The lowest BCUT2D eigenvalue weighted by molar-refractivity contribution is -0.249. The van der Waals surface area contributed by atoms with Crippen LogP contribution in [0, 0.1) is 56.7 Å². The molecule has 0 bridgehead atoms. The van der Waals surface area contributed by atoms with Gasteiger partial charge in [0, 0.05) is 11.3 Å². The van der Waals surface area contributed by atoms with Gasteiger partial charge in [-0.05, 0) is 90.4 Å². The molecule has 0 saturated heterocycles. The Hall–Kier alpha value is -0.910. The van der Waals surface area contributed by atoms with E-state index in [9.17, 15) is 25.2 Å². The Labute approximate surface area is 211 Å². The third-order valence-corrected chi connectivity index (χ3v) is 13.4. The normalized spacial score (nSPS) is 60.2. The minimum atomic E-state index is -1.03. The van der Waals surface area contributed by atoms with Crippen molar-refractivity contribution in [2.75, 3.05) is 0 Å². The van der Waals surface area contributed by atoms with Crippen LogP contribution in [0.5, 0.6) is 0 Å². The van der Waals surface area contributed by atoms with Crippen LogP contribution in [0.2, 0.25) is 0 Å². The van der Waals surface area contributed by atoms with Crippen molar-refractivity contribution in [1.82, 2.24) is 0 Å². The van der Waals surface area contributed by atoms with Crippen molar-refractivity contribution in [3.05, 3.63) is 11.3 Å². The van der Waals surface area contributed by atoms with Crippen LogP contribution in [0.15, 0.2) is 11.3 Å². The van der Waals surface area contributed by atoms with Gasteiger partial charge in [0.15, 0.2) is 0 Å². The molecule has 0 aromatic rings. The van der Waals surface area contributed by atoms with Gasteiger partial charge in [-0.1, -0.05) is 48.5 Å². The third kappa shape index (κ3) is 2.84. The number of fused-ring (bicyclic) bond motifs is 7. The Morgan fingerprint density at radius 1 is 0.886 bits per heavy atom. The maximum Gasteiger partial charge on any atom is 0.128 e. The number of carbonyl (C=O) groups excluding carboxylic acids is 1. The van der Waals surface area contributed by atoms with Crippen LogP contribution in [0.25, 0.3) is 0 Å². The second kappa shape index (κ2) is 7.57. The molecular weight excluding hydrogens is 440 g/mol. The SMILES string of the molecule is CC1CCC2(C)CC(O)C3(C)C(=C(O)C(O)C4C5(C)CCC(O)C(C)(C=O)C5CCC43C)C2C1C. The van der Waals surface area contributed by atoms with E-state index in [1.54, 1.807) is 0 Å². The summed E-state index contributed by atoms with van der Waals surface area (Å²) in [5.41, 5.74) is -1.57. The predicted octanol–water partition coefficient (Wildman–Crippen LogP) is 5.03. The van der Waals surface area contributed by atoms with Gasteiger partial charge in [0.25, 0.3) is 0 Å². The van der Waals surface area contributed by atoms with Crippen LogP contribution in [0.1, 0.15) is 93.4 Å². The summed E-state index contributed by atoms with van der Waals surface area (Å²) >= 11 is 0. The fraction of sp³-hybridized carbons (Fsp3) is 0.900. The van der Waals surface area contributed by atoms with Crippen LogP contribution in [-0.4, -0.2) is 45.0 Å². The van der Waals surface area contributed by atoms with Crippen molar-refractivity contribution >= 4 is 6.29 Å². The Morgan fingerprint density at radius 2 is 1.54 bits per heavy atom. The van der Waals surface area contributed by atoms with Gasteiger partial charge in [-0.2, -0.15) is 0 Å². The lowest BCUT2D eigenvalue weighted by atomic mass is 9.32. The van der Waals surface area contributed by atoms with E-state index in [-0.39, 0.29) is 28.9 Å². The summed E-state index contributed by atoms with van der Waals surface area (Å²) in [6, 6.07) is 0. The predicted molar refractivity (Wildman–Crippen MR) is 135 cm³/mol. The largest absolute Gasteiger partial charge is 0.510 e. The van der Waals surface area contributed by atoms with Crippen molar-refractivity contribution in [3.63, 3.8) is 0 Å². The fourth-order valence-electron chi connectivity index (χ4n) is 11.0. The summed E-state index contributed by atoms with van der Waals surface area (Å²) < 4.78 is 0. The van der Waals surface area contributed by atoms with Gasteiger partial charge in [0.05, 0.1) is 17.6 Å². The molecule has 35 heavy (non-hydrogen) atoms. The first-order chi connectivity index (χ1) is 16.1. The molecule has 0 aromatic carbocycles. The number of aliphatic hydroxyl groups excluding tert-OH is 4. The van der Waals surface area contributed by atoms with Crippen LogP contribution in [-0.2, 0) is 4.79 Å². The molecule has 0 amide bonds. The fourth-order valence-corrected chi connectivity index (χ4v) is 11.0. The number of rotatable bonds is 1. The molecule has 0 radical (unpaired) electrons. The standard InChI is InChI=1S/C30H48O5/c1-16-8-11-26(3)14-20(33)30(7)22(21(26)17(16)2)23(34)24(35)25-27(4)12-10-19(32)28(5,15-31)18(27)9-13-29(25,30)6/h15-21,24-25,32-35H,8-14H2,1-7H3. The molecule has 5 rings (SSSR count). The smallest absolute Gasteiger partial charge is 0.128 e. The van der Waals surface area contributed by atoms with Gasteiger partial charge in [0.1, 0.15) is 18.1 Å². The van der Waals surface area contributed by atoms with E-state index in [1.165, 1.54) is 0 Å². The van der Waals surface area contributed by atoms with Gasteiger partial charge >= 0.3 is 0 Å². The quantitative estimate of drug-likeness (QED) is 0.388. The molecule has 13 unspecified atom stereocenters. The molecule has 5 heteroatoms. The number of carbonyl (C=O) groups is 1. The molecule has 198 valence electrons. The van der Waals surface area contributed by atoms with Gasteiger partial charge < -0.3 is 25.2 Å². The maximum absolute atomic E-state index is 12.4. The first-order valence-corrected chi connectivity index (χ1v) is 14.1. The molecule has 0 aliphatic heterocycles. The zero-order valence-corrected chi connectivity index (χ0v) is 22.8. The highest BCUT2D eigenvalue weighted by Gasteiger charge is 2.74. The van der Waals surface area contributed by atoms with Crippen molar-refractivity contribution in [3.8, 4) is 0 Å². The average Bonchev–Trinajstić information content (AvgIpc) is 2.79. The van der Waals surface area contributed by atoms with Crippen LogP contribution in [0.3, 0.4) is 0 Å². The summed E-state index contributed by atoms with van der Waals surface area (Å²) in [6.07, 6.45) is 4.21. The third-order valence-electron chi connectivity index (χ3n) is 13.4. The summed E-state index contributed by atoms with van der Waals surface area (Å²) in [5.74, 6) is 0.723. The van der Waals surface area contributed by atoms with Crippen molar-refractivity contribution in [2.24, 2.45) is 56.7 Å². The number of aldehydes is 1. The number of hydrogen-bond acceptors (Lipinski definition) is 5. The lowest BCUT2D eigenvalue weighted by Gasteiger charge is -2.72. The zero-order valence-electron chi connectivity index (χ0n) is 22.8. The van der Waals surface area contributed by atoms with E-state index in [2.05, 4.69) is 41.5 Å². The molecule has 0 spiro atoms. The molecule has 0 heterocycles. The Bertz CT molecular complexity index is 945. The number of aliphatic hydroxyl groups is 4. The Kier molecular flexibility index (Phi) is 5.56. The Morgan fingerprint density at radius 3 is 2.17 bits per heavy atom. The van der Waals surface area contributed by atoms with Gasteiger partial charge in [-0.25, -0.2) is 0 Å². The molecule has 5 nitrogen and oxygen atoms in total. The van der Waals surface area contributed by atoms with E-state index in [0.717, 1.165) is 37.5 Å². The molecule has 4 N–H and O–H groups in total. The first-order valence-electron chi connectivity index (χ1n) is 14.1. The van der Waals surface area contributed by atoms with Gasteiger partial charge in [-0.3, -0.25) is 0 Å². The molecular formula is C30H48O5. The number of hydrogen-bond donors (Lipinski definition) is 4. The van der Waals surface area contributed by atoms with E-state index in [0.29, 0.717) is 31.1 Å². The molecule has 5 aliphatic carbocycles. The summed E-state index contributed by atoms with van der Waals surface area (Å²) in [5, 5.41) is 46.7. The summed E-state index contributed by atoms with van der Waals surface area (Å²) in [6.45, 7) is 15.3. The topological polar surface area (TPSA) is 98.0 Å². The molecule has 13 atom stereocenters. The minimum absolute atomic E-state index is 0.0819. The summed E-state index contributed by atoms with van der Waals surface area (Å²) in [7, 11) is 0. The highest BCUT2D eigenvalue weighted by atomic mass is 16.3. The van der Waals surface area contributed by atoms with E-state index in [1.807, 2.05) is 6.92 Å². The van der Waals surface area contributed by atoms with Crippen molar-refractivity contribution in [1.29, 1.82) is 0 Å². The minimum Gasteiger partial charge on any atom is -0.510 e. The van der Waals surface area contributed by atoms with E-state index in [4.69, 9.17) is 0 Å². The highest BCUT2D eigenvalue weighted by Crippen LogP contribution is 2.76. The van der Waals surface area contributed by atoms with Crippen LogP contribution < -0.4 is 0 Å². The molecule has 0 aromatic heterocycles. The average molecular weight is 489 g/mol. The van der Waals surface area contributed by atoms with E-state index < -0.39 is 40.0 Å². The zero-order chi connectivity index (χ0) is 25.9. The van der Waals surface area contributed by atoms with E-state index >= 15 is 0 Å². The van der Waals surface area contributed by atoms with Gasteiger partial charge in [0.2, 0.25) is 0 Å². The first kappa shape index (κ1) is 25.7. The molecule has 4 fully saturated rings. The summed E-state index contributed by atoms with van der Waals surface area (Å²) in [4.78, 5) is 12.4. The molecule has 5 aliphatic rings. The van der Waals surface area contributed by atoms with Gasteiger partial charge in [-0.15, -0.1) is 0 Å². The van der Waals surface area contributed by atoms with Crippen LogP contribution >= 0.6 is 0 Å². The van der Waals surface area contributed by atoms with Crippen molar-refractivity contribution < 1.29 is 25.2 Å². The molecule has 4 saturated carbocycles. The van der Waals surface area contributed by atoms with Crippen molar-refractivity contribution in [2.45, 2.75) is 112 Å². The Balaban J connectivity index is 1.72. The monoisotopic (exact) mass is 488 g/mol. The maximum atomic E-state index is 12.4. The second-order valence-corrected chi connectivity index (χ2v) is 14.7.